The standard InChI is InChI=1S/C17H20ClNO/c1-12-3-8-17(20-2)16(11-12)15(9-10-19)13-4-6-14(18)7-5-13/h3-8,11,15H,9-10,19H2,1-2H3. The van der Waals surface area contributed by atoms with Crippen molar-refractivity contribution >= 4 is 11.6 Å². The van der Waals surface area contributed by atoms with Crippen LogP contribution >= 0.6 is 11.6 Å². The molecular weight excluding hydrogens is 270 g/mol. The van der Waals surface area contributed by atoms with Gasteiger partial charge in [-0.1, -0.05) is 41.4 Å². The van der Waals surface area contributed by atoms with E-state index in [1.54, 1.807) is 7.11 Å². The number of ether oxygens (including phenoxy) is 1. The number of hydrogen-bond donors (Lipinski definition) is 1. The van der Waals surface area contributed by atoms with Crippen molar-refractivity contribution in [3.05, 3.63) is 64.2 Å². The molecule has 0 aliphatic rings. The molecule has 0 aromatic heterocycles. The Kier molecular flexibility index (Phi) is 5.05. The van der Waals surface area contributed by atoms with E-state index in [1.807, 2.05) is 18.2 Å². The molecule has 0 saturated heterocycles. The SMILES string of the molecule is COc1ccc(C)cc1C(CCN)c1ccc(Cl)cc1. The maximum atomic E-state index is 5.97. The summed E-state index contributed by atoms with van der Waals surface area (Å²) in [6, 6.07) is 14.2. The van der Waals surface area contributed by atoms with E-state index in [0.29, 0.717) is 6.54 Å². The third kappa shape index (κ3) is 3.33. The van der Waals surface area contributed by atoms with E-state index >= 15 is 0 Å². The Balaban J connectivity index is 2.47. The van der Waals surface area contributed by atoms with Gasteiger partial charge >= 0.3 is 0 Å². The minimum atomic E-state index is 0.229. The molecule has 1 atom stereocenters. The van der Waals surface area contributed by atoms with Gasteiger partial charge in [0.15, 0.2) is 0 Å². The van der Waals surface area contributed by atoms with Crippen molar-refractivity contribution in [1.29, 1.82) is 0 Å². The largest absolute Gasteiger partial charge is 0.496 e. The fourth-order valence-corrected chi connectivity index (χ4v) is 2.62. The third-order valence-corrected chi connectivity index (χ3v) is 3.74. The summed E-state index contributed by atoms with van der Waals surface area (Å²) in [6.45, 7) is 2.72. The first-order chi connectivity index (χ1) is 9.65. The molecule has 0 aliphatic heterocycles. The van der Waals surface area contributed by atoms with Gasteiger partial charge in [0.25, 0.3) is 0 Å². The molecule has 20 heavy (non-hydrogen) atoms. The molecule has 2 rings (SSSR count). The molecule has 106 valence electrons. The van der Waals surface area contributed by atoms with Crippen molar-refractivity contribution < 1.29 is 4.74 Å². The quantitative estimate of drug-likeness (QED) is 0.898. The summed E-state index contributed by atoms with van der Waals surface area (Å²) in [4.78, 5) is 0. The summed E-state index contributed by atoms with van der Waals surface area (Å²) >= 11 is 5.97. The smallest absolute Gasteiger partial charge is 0.122 e. The molecule has 3 heteroatoms. The summed E-state index contributed by atoms with van der Waals surface area (Å²) in [5, 5.41) is 0.747. The number of methoxy groups -OCH3 is 1. The zero-order valence-electron chi connectivity index (χ0n) is 11.9. The molecule has 2 nitrogen and oxygen atoms in total. The van der Waals surface area contributed by atoms with Gasteiger partial charge in [0, 0.05) is 16.5 Å². The van der Waals surface area contributed by atoms with Gasteiger partial charge in [-0.3, -0.25) is 0 Å². The highest BCUT2D eigenvalue weighted by atomic mass is 35.5. The lowest BCUT2D eigenvalue weighted by Gasteiger charge is -2.20. The summed E-state index contributed by atoms with van der Waals surface area (Å²) < 4.78 is 5.51. The van der Waals surface area contributed by atoms with Gasteiger partial charge in [0.1, 0.15) is 5.75 Å². The van der Waals surface area contributed by atoms with Gasteiger partial charge in [0.2, 0.25) is 0 Å². The zero-order chi connectivity index (χ0) is 14.5. The number of nitrogens with two attached hydrogens (primary N) is 1. The second-order valence-electron chi connectivity index (χ2n) is 4.93. The predicted octanol–water partition coefficient (Wildman–Crippen LogP) is 4.14. The van der Waals surface area contributed by atoms with Crippen LogP contribution < -0.4 is 10.5 Å². The molecule has 2 N–H and O–H groups in total. The van der Waals surface area contributed by atoms with Crippen LogP contribution in [0.3, 0.4) is 0 Å². The monoisotopic (exact) mass is 289 g/mol. The van der Waals surface area contributed by atoms with Gasteiger partial charge < -0.3 is 10.5 Å². The average Bonchev–Trinajstić information content (AvgIpc) is 2.46. The van der Waals surface area contributed by atoms with Crippen LogP contribution in [0.15, 0.2) is 42.5 Å². The molecule has 0 spiro atoms. The molecule has 0 radical (unpaired) electrons. The van der Waals surface area contributed by atoms with E-state index < -0.39 is 0 Å². The summed E-state index contributed by atoms with van der Waals surface area (Å²) in [5.74, 6) is 1.14. The van der Waals surface area contributed by atoms with E-state index in [2.05, 4.69) is 31.2 Å². The van der Waals surface area contributed by atoms with Crippen LogP contribution in [0.2, 0.25) is 5.02 Å². The van der Waals surface area contributed by atoms with Crippen LogP contribution in [0.1, 0.15) is 29.0 Å². The molecule has 0 amide bonds. The van der Waals surface area contributed by atoms with Crippen LogP contribution in [0.4, 0.5) is 0 Å². The minimum Gasteiger partial charge on any atom is -0.496 e. The fourth-order valence-electron chi connectivity index (χ4n) is 2.49. The number of benzene rings is 2. The number of halogens is 1. The molecule has 0 fully saturated rings. The number of rotatable bonds is 5. The van der Waals surface area contributed by atoms with Gasteiger partial charge in [-0.05, 0) is 43.7 Å². The highest BCUT2D eigenvalue weighted by Gasteiger charge is 2.18. The van der Waals surface area contributed by atoms with Gasteiger partial charge in [-0.25, -0.2) is 0 Å². The summed E-state index contributed by atoms with van der Waals surface area (Å²) in [5.41, 5.74) is 9.41. The Morgan fingerprint density at radius 1 is 1.15 bits per heavy atom. The molecule has 0 heterocycles. The number of aryl methyl sites for hydroxylation is 1. The first-order valence-corrected chi connectivity index (χ1v) is 7.13. The van der Waals surface area contributed by atoms with Crippen molar-refractivity contribution in [2.75, 3.05) is 13.7 Å². The Labute approximate surface area is 125 Å². The third-order valence-electron chi connectivity index (χ3n) is 3.49. The van der Waals surface area contributed by atoms with Crippen molar-refractivity contribution in [3.63, 3.8) is 0 Å². The minimum absolute atomic E-state index is 0.229. The lowest BCUT2D eigenvalue weighted by atomic mass is 9.87. The summed E-state index contributed by atoms with van der Waals surface area (Å²) in [6.07, 6.45) is 0.876. The van der Waals surface area contributed by atoms with Crippen LogP contribution in [-0.2, 0) is 0 Å². The van der Waals surface area contributed by atoms with Crippen LogP contribution in [-0.4, -0.2) is 13.7 Å². The number of hydrogen-bond acceptors (Lipinski definition) is 2. The Hall–Kier alpha value is -1.51. The van der Waals surface area contributed by atoms with Crippen molar-refractivity contribution in [2.45, 2.75) is 19.3 Å². The maximum absolute atomic E-state index is 5.97. The molecular formula is C17H20ClNO. The average molecular weight is 290 g/mol. The zero-order valence-corrected chi connectivity index (χ0v) is 12.7. The van der Waals surface area contributed by atoms with E-state index in [1.165, 1.54) is 16.7 Å². The van der Waals surface area contributed by atoms with E-state index in [0.717, 1.165) is 17.2 Å². The normalized spacial score (nSPS) is 12.2. The van der Waals surface area contributed by atoms with Crippen molar-refractivity contribution in [3.8, 4) is 5.75 Å². The van der Waals surface area contributed by atoms with E-state index in [4.69, 9.17) is 22.1 Å². The predicted molar refractivity (Wildman–Crippen MR) is 84.7 cm³/mol. The Morgan fingerprint density at radius 3 is 2.45 bits per heavy atom. The molecule has 0 saturated carbocycles. The first-order valence-electron chi connectivity index (χ1n) is 6.75. The van der Waals surface area contributed by atoms with Crippen LogP contribution in [0, 0.1) is 6.92 Å². The second-order valence-corrected chi connectivity index (χ2v) is 5.36. The van der Waals surface area contributed by atoms with E-state index in [9.17, 15) is 0 Å². The van der Waals surface area contributed by atoms with Crippen LogP contribution in [0.5, 0.6) is 5.75 Å². The molecule has 2 aromatic rings. The first kappa shape index (κ1) is 14.9. The van der Waals surface area contributed by atoms with E-state index in [-0.39, 0.29) is 5.92 Å². The van der Waals surface area contributed by atoms with Gasteiger partial charge in [0.05, 0.1) is 7.11 Å². The Morgan fingerprint density at radius 2 is 1.85 bits per heavy atom. The topological polar surface area (TPSA) is 35.2 Å². The van der Waals surface area contributed by atoms with Gasteiger partial charge in [-0.2, -0.15) is 0 Å². The van der Waals surface area contributed by atoms with Crippen molar-refractivity contribution in [1.82, 2.24) is 0 Å². The highest BCUT2D eigenvalue weighted by Crippen LogP contribution is 2.35. The summed E-state index contributed by atoms with van der Waals surface area (Å²) in [7, 11) is 1.70. The van der Waals surface area contributed by atoms with Crippen molar-refractivity contribution in [2.24, 2.45) is 5.73 Å². The maximum Gasteiger partial charge on any atom is 0.122 e. The molecule has 0 bridgehead atoms. The fraction of sp³-hybridized carbons (Fsp3) is 0.294. The molecule has 0 aliphatic carbocycles. The van der Waals surface area contributed by atoms with Gasteiger partial charge in [-0.15, -0.1) is 0 Å². The highest BCUT2D eigenvalue weighted by molar-refractivity contribution is 6.30. The molecule has 1 unspecified atom stereocenters. The lowest BCUT2D eigenvalue weighted by molar-refractivity contribution is 0.406. The Bertz CT molecular complexity index is 566. The second kappa shape index (κ2) is 6.78. The lowest BCUT2D eigenvalue weighted by Crippen LogP contribution is -2.10. The molecule has 2 aromatic carbocycles. The van der Waals surface area contributed by atoms with Crippen LogP contribution in [0.25, 0.3) is 0 Å².